The van der Waals surface area contributed by atoms with E-state index in [1.807, 2.05) is 7.05 Å². The van der Waals surface area contributed by atoms with E-state index in [0.717, 1.165) is 13.0 Å². The highest BCUT2D eigenvalue weighted by molar-refractivity contribution is 5.42. The number of nitrogens with one attached hydrogen (secondary N) is 1. The first kappa shape index (κ1) is 13.3. The molecule has 0 amide bonds. The summed E-state index contributed by atoms with van der Waals surface area (Å²) >= 11 is 0. The third-order valence-corrected chi connectivity index (χ3v) is 4.53. The van der Waals surface area contributed by atoms with E-state index in [9.17, 15) is 0 Å². The Bertz CT molecular complexity index is 565. The molecule has 20 heavy (non-hydrogen) atoms. The van der Waals surface area contributed by atoms with Crippen molar-refractivity contribution in [2.24, 2.45) is 11.7 Å². The van der Waals surface area contributed by atoms with Gasteiger partial charge in [-0.05, 0) is 42.6 Å². The number of rotatable bonds is 3. The topological polar surface area (TPSA) is 38.0 Å². The Kier molecular flexibility index (Phi) is 3.86. The van der Waals surface area contributed by atoms with Gasteiger partial charge in [0.15, 0.2) is 0 Å². The van der Waals surface area contributed by atoms with E-state index >= 15 is 0 Å². The van der Waals surface area contributed by atoms with Gasteiger partial charge in [-0.2, -0.15) is 0 Å². The number of benzene rings is 2. The zero-order valence-corrected chi connectivity index (χ0v) is 11.9. The zero-order valence-electron chi connectivity index (χ0n) is 11.9. The van der Waals surface area contributed by atoms with Gasteiger partial charge in [-0.3, -0.25) is 0 Å². The smallest absolute Gasteiger partial charge is 0.0361 e. The van der Waals surface area contributed by atoms with Crippen molar-refractivity contribution in [2.45, 2.75) is 18.4 Å². The lowest BCUT2D eigenvalue weighted by atomic mass is 9.71. The average Bonchev–Trinajstić information content (AvgIpc) is 2.54. The van der Waals surface area contributed by atoms with Crippen LogP contribution in [0.25, 0.3) is 0 Å². The number of nitrogens with two attached hydrogens (primary N) is 1. The van der Waals surface area contributed by atoms with E-state index in [-0.39, 0.29) is 0 Å². The van der Waals surface area contributed by atoms with Crippen molar-refractivity contribution in [3.63, 3.8) is 0 Å². The van der Waals surface area contributed by atoms with Crippen molar-refractivity contribution >= 4 is 0 Å². The van der Waals surface area contributed by atoms with Crippen LogP contribution in [0.4, 0.5) is 0 Å². The Morgan fingerprint density at radius 3 is 2.30 bits per heavy atom. The minimum absolute atomic E-state index is 0.371. The second-order valence-corrected chi connectivity index (χ2v) is 5.59. The summed E-state index contributed by atoms with van der Waals surface area (Å²) in [4.78, 5) is 0. The standard InChI is InChI=1S/C18H22N2/c1-20-18-14(12-19)11-17(13-7-3-2-4-8-13)15-9-5-6-10-16(15)18/h2-10,14,17-18,20H,11-12,19H2,1H3. The Labute approximate surface area is 121 Å². The van der Waals surface area contributed by atoms with Crippen LogP contribution in [-0.2, 0) is 0 Å². The maximum Gasteiger partial charge on any atom is 0.0361 e. The summed E-state index contributed by atoms with van der Waals surface area (Å²) in [5, 5.41) is 3.45. The monoisotopic (exact) mass is 266 g/mol. The summed E-state index contributed by atoms with van der Waals surface area (Å²) < 4.78 is 0. The highest BCUT2D eigenvalue weighted by Gasteiger charge is 2.33. The Balaban J connectivity index is 2.08. The zero-order chi connectivity index (χ0) is 13.9. The minimum Gasteiger partial charge on any atom is -0.330 e. The van der Waals surface area contributed by atoms with Crippen LogP contribution in [0.5, 0.6) is 0 Å². The van der Waals surface area contributed by atoms with Crippen LogP contribution in [0, 0.1) is 5.92 Å². The molecule has 0 saturated carbocycles. The third-order valence-electron chi connectivity index (χ3n) is 4.53. The first-order valence-corrected chi connectivity index (χ1v) is 7.36. The van der Waals surface area contributed by atoms with Gasteiger partial charge in [-0.15, -0.1) is 0 Å². The molecule has 0 saturated heterocycles. The van der Waals surface area contributed by atoms with Gasteiger partial charge in [0, 0.05) is 12.0 Å². The average molecular weight is 266 g/mol. The van der Waals surface area contributed by atoms with Crippen molar-refractivity contribution in [2.75, 3.05) is 13.6 Å². The van der Waals surface area contributed by atoms with Crippen LogP contribution >= 0.6 is 0 Å². The van der Waals surface area contributed by atoms with E-state index in [4.69, 9.17) is 5.73 Å². The molecule has 2 nitrogen and oxygen atoms in total. The quantitative estimate of drug-likeness (QED) is 0.896. The van der Waals surface area contributed by atoms with Crippen LogP contribution in [0.1, 0.15) is 35.1 Å². The largest absolute Gasteiger partial charge is 0.330 e. The van der Waals surface area contributed by atoms with E-state index in [1.165, 1.54) is 16.7 Å². The summed E-state index contributed by atoms with van der Waals surface area (Å²) in [5.74, 6) is 0.950. The van der Waals surface area contributed by atoms with Gasteiger partial charge >= 0.3 is 0 Å². The van der Waals surface area contributed by atoms with E-state index in [2.05, 4.69) is 59.9 Å². The molecular formula is C18H22N2. The van der Waals surface area contributed by atoms with Crippen molar-refractivity contribution in [3.05, 3.63) is 71.3 Å². The van der Waals surface area contributed by atoms with Gasteiger partial charge in [-0.25, -0.2) is 0 Å². The van der Waals surface area contributed by atoms with Crippen molar-refractivity contribution in [1.29, 1.82) is 0 Å². The molecule has 3 N–H and O–H groups in total. The maximum absolute atomic E-state index is 6.03. The third kappa shape index (κ3) is 2.26. The second kappa shape index (κ2) is 5.78. The van der Waals surface area contributed by atoms with Crippen LogP contribution < -0.4 is 11.1 Å². The van der Waals surface area contributed by atoms with Crippen LogP contribution in [0.2, 0.25) is 0 Å². The Hall–Kier alpha value is -1.64. The van der Waals surface area contributed by atoms with Gasteiger partial charge in [0.25, 0.3) is 0 Å². The lowest BCUT2D eigenvalue weighted by molar-refractivity contribution is 0.327. The molecule has 0 aromatic heterocycles. The summed E-state index contributed by atoms with van der Waals surface area (Å²) in [7, 11) is 2.03. The minimum atomic E-state index is 0.371. The molecule has 1 aliphatic carbocycles. The van der Waals surface area contributed by atoms with Crippen LogP contribution in [0.3, 0.4) is 0 Å². The molecule has 0 bridgehead atoms. The van der Waals surface area contributed by atoms with Gasteiger partial charge in [0.05, 0.1) is 0 Å². The summed E-state index contributed by atoms with van der Waals surface area (Å²) in [5.41, 5.74) is 10.3. The summed E-state index contributed by atoms with van der Waals surface area (Å²) in [6.07, 6.45) is 1.11. The van der Waals surface area contributed by atoms with Crippen LogP contribution in [0.15, 0.2) is 54.6 Å². The normalized spacial score (nSPS) is 25.2. The SMILES string of the molecule is CNC1c2ccccc2C(c2ccccc2)CC1CN. The molecule has 1 aliphatic rings. The summed E-state index contributed by atoms with van der Waals surface area (Å²) in [6.45, 7) is 0.725. The predicted molar refractivity (Wildman–Crippen MR) is 83.7 cm³/mol. The Morgan fingerprint density at radius 1 is 1.00 bits per heavy atom. The molecular weight excluding hydrogens is 244 g/mol. The number of hydrogen-bond acceptors (Lipinski definition) is 2. The predicted octanol–water partition coefficient (Wildman–Crippen LogP) is 3.06. The first-order valence-electron chi connectivity index (χ1n) is 7.36. The number of hydrogen-bond donors (Lipinski definition) is 2. The highest BCUT2D eigenvalue weighted by Crippen LogP contribution is 2.43. The van der Waals surface area contributed by atoms with Crippen LogP contribution in [-0.4, -0.2) is 13.6 Å². The van der Waals surface area contributed by atoms with Gasteiger partial charge < -0.3 is 11.1 Å². The van der Waals surface area contributed by atoms with Gasteiger partial charge in [0.1, 0.15) is 0 Å². The fourth-order valence-electron chi connectivity index (χ4n) is 3.56. The van der Waals surface area contributed by atoms with Gasteiger partial charge in [0.2, 0.25) is 0 Å². The molecule has 104 valence electrons. The second-order valence-electron chi connectivity index (χ2n) is 5.59. The maximum atomic E-state index is 6.03. The molecule has 3 atom stereocenters. The fraction of sp³-hybridized carbons (Fsp3) is 0.333. The summed E-state index contributed by atoms with van der Waals surface area (Å²) in [6, 6.07) is 19.9. The van der Waals surface area contributed by atoms with E-state index in [1.54, 1.807) is 0 Å². The molecule has 0 fully saturated rings. The number of fused-ring (bicyclic) bond motifs is 1. The Morgan fingerprint density at radius 2 is 1.65 bits per heavy atom. The molecule has 2 aromatic rings. The molecule has 0 aliphatic heterocycles. The van der Waals surface area contributed by atoms with Crippen molar-refractivity contribution in [3.8, 4) is 0 Å². The molecule has 3 unspecified atom stereocenters. The molecule has 3 rings (SSSR count). The first-order chi connectivity index (χ1) is 9.85. The van der Waals surface area contributed by atoms with E-state index in [0.29, 0.717) is 17.9 Å². The molecule has 2 heteroatoms. The molecule has 0 heterocycles. The fourth-order valence-corrected chi connectivity index (χ4v) is 3.56. The molecule has 0 radical (unpaired) electrons. The lowest BCUT2D eigenvalue weighted by Crippen LogP contribution is -2.36. The molecule has 0 spiro atoms. The van der Waals surface area contributed by atoms with Gasteiger partial charge in [-0.1, -0.05) is 54.6 Å². The highest BCUT2D eigenvalue weighted by atomic mass is 14.9. The van der Waals surface area contributed by atoms with Crippen molar-refractivity contribution < 1.29 is 0 Å². The lowest BCUT2D eigenvalue weighted by Gasteiger charge is -2.38. The molecule has 2 aromatic carbocycles. The van der Waals surface area contributed by atoms with Crippen molar-refractivity contribution in [1.82, 2.24) is 5.32 Å². The van der Waals surface area contributed by atoms with E-state index < -0.39 is 0 Å².